The van der Waals surface area contributed by atoms with Crippen molar-refractivity contribution in [3.8, 4) is 0 Å². The summed E-state index contributed by atoms with van der Waals surface area (Å²) >= 11 is 4.36. The van der Waals surface area contributed by atoms with Crippen LogP contribution >= 0.6 is 12.2 Å². The zero-order valence-corrected chi connectivity index (χ0v) is 11.2. The molecule has 7 nitrogen and oxygen atoms in total. The van der Waals surface area contributed by atoms with E-state index < -0.39 is 43.9 Å². The van der Waals surface area contributed by atoms with Gasteiger partial charge < -0.3 is 10.0 Å². The lowest BCUT2D eigenvalue weighted by Gasteiger charge is -2.39. The maximum atomic E-state index is 12.2. The molecule has 0 aromatic rings. The number of rotatable bonds is 2. The number of thiocarbonyl (C=S) groups is 1. The van der Waals surface area contributed by atoms with Gasteiger partial charge in [-0.3, -0.25) is 4.79 Å². The molecule has 0 aromatic carbocycles. The molecule has 0 bridgehead atoms. The smallest absolute Gasteiger partial charge is 0.328 e. The molecule has 2 rings (SSSR count). The van der Waals surface area contributed by atoms with Gasteiger partial charge in [0.05, 0.1) is 5.16 Å². The second kappa shape index (κ2) is 3.59. The Morgan fingerprint density at radius 3 is 2.56 bits per heavy atom. The summed E-state index contributed by atoms with van der Waals surface area (Å²) in [4.78, 5) is 27.3. The third-order valence-electron chi connectivity index (χ3n) is 3.47. The van der Waals surface area contributed by atoms with E-state index in [2.05, 4.69) is 17.2 Å². The SMILES string of the molecule is CC1(C)[C@H](C(=O)O)N2C(=O)C(N=C=S)[C@H]2S1(=O)=O. The minimum absolute atomic E-state index is 0.640. The summed E-state index contributed by atoms with van der Waals surface area (Å²) in [5.41, 5.74) is 0. The number of β-lactam (4-membered cyclic amide) rings is 1. The number of carbonyl (C=O) groups is 2. The van der Waals surface area contributed by atoms with Crippen LogP contribution in [0.2, 0.25) is 0 Å². The number of aliphatic imine (C=N–C) groups is 1. The lowest BCUT2D eigenvalue weighted by Crippen LogP contribution is -2.66. The highest BCUT2D eigenvalue weighted by Crippen LogP contribution is 2.46. The predicted octanol–water partition coefficient (Wildman–Crippen LogP) is -0.714. The molecule has 9 heteroatoms. The number of nitrogens with zero attached hydrogens (tertiary/aromatic N) is 2. The molecule has 2 saturated heterocycles. The van der Waals surface area contributed by atoms with Crippen LogP contribution in [0.25, 0.3) is 0 Å². The fourth-order valence-corrected chi connectivity index (χ4v) is 4.76. The van der Waals surface area contributed by atoms with Crippen LogP contribution in [0.15, 0.2) is 4.99 Å². The van der Waals surface area contributed by atoms with Gasteiger partial charge in [0.15, 0.2) is 21.3 Å². The molecule has 1 amide bonds. The van der Waals surface area contributed by atoms with Crippen LogP contribution in [-0.4, -0.2) is 57.7 Å². The first-order chi connectivity index (χ1) is 8.17. The highest BCUT2D eigenvalue weighted by atomic mass is 32.2. The normalized spacial score (nSPS) is 35.3. The van der Waals surface area contributed by atoms with Crippen LogP contribution < -0.4 is 0 Å². The molecule has 18 heavy (non-hydrogen) atoms. The van der Waals surface area contributed by atoms with Crippen LogP contribution in [0, 0.1) is 0 Å². The van der Waals surface area contributed by atoms with E-state index in [1.807, 2.05) is 5.16 Å². The molecule has 1 unspecified atom stereocenters. The van der Waals surface area contributed by atoms with E-state index >= 15 is 0 Å². The number of hydrogen-bond acceptors (Lipinski definition) is 6. The molecule has 2 aliphatic heterocycles. The van der Waals surface area contributed by atoms with Gasteiger partial charge in [0, 0.05) is 0 Å². The minimum Gasteiger partial charge on any atom is -0.480 e. The number of carboxylic acid groups (broad SMARTS) is 1. The van der Waals surface area contributed by atoms with Crippen LogP contribution in [0.1, 0.15) is 13.8 Å². The van der Waals surface area contributed by atoms with Crippen molar-refractivity contribution in [2.24, 2.45) is 4.99 Å². The standard InChI is InChI=1S/C9H10N2O5S2/c1-9(2)5(8(13)14)11-6(12)4(10-3-17)7(11)18(9,15)16/h4-5,7H,1-2H3,(H,13,14)/t4?,5-,7+/m0/s1. The second-order valence-corrected chi connectivity index (χ2v) is 7.50. The van der Waals surface area contributed by atoms with Crippen molar-refractivity contribution < 1.29 is 23.1 Å². The van der Waals surface area contributed by atoms with E-state index in [4.69, 9.17) is 5.11 Å². The van der Waals surface area contributed by atoms with E-state index in [0.29, 0.717) is 0 Å². The molecule has 0 aromatic heterocycles. The van der Waals surface area contributed by atoms with E-state index in [1.54, 1.807) is 0 Å². The van der Waals surface area contributed by atoms with Gasteiger partial charge >= 0.3 is 5.97 Å². The quantitative estimate of drug-likeness (QED) is 0.409. The molecule has 2 aliphatic rings. The van der Waals surface area contributed by atoms with Crippen molar-refractivity contribution in [2.45, 2.75) is 36.1 Å². The third-order valence-corrected chi connectivity index (χ3v) is 6.38. The molecule has 1 N–H and O–H groups in total. The number of hydrogen-bond donors (Lipinski definition) is 1. The number of carbonyl (C=O) groups excluding carboxylic acids is 1. The molecule has 2 fully saturated rings. The average molecular weight is 290 g/mol. The van der Waals surface area contributed by atoms with Crippen LogP contribution in [-0.2, 0) is 19.4 Å². The van der Waals surface area contributed by atoms with Crippen molar-refractivity contribution in [3.05, 3.63) is 0 Å². The summed E-state index contributed by atoms with van der Waals surface area (Å²) in [7, 11) is -3.82. The third kappa shape index (κ3) is 1.26. The first kappa shape index (κ1) is 13.1. The summed E-state index contributed by atoms with van der Waals surface area (Å²) < 4.78 is 22.9. The van der Waals surface area contributed by atoms with Crippen molar-refractivity contribution in [1.29, 1.82) is 0 Å². The minimum atomic E-state index is -3.82. The summed E-state index contributed by atoms with van der Waals surface area (Å²) in [5.74, 6) is -1.98. The van der Waals surface area contributed by atoms with Crippen LogP contribution in [0.5, 0.6) is 0 Å². The second-order valence-electron chi connectivity index (χ2n) is 4.69. The monoisotopic (exact) mass is 290 g/mol. The van der Waals surface area contributed by atoms with Gasteiger partial charge in [0.25, 0.3) is 5.91 Å². The van der Waals surface area contributed by atoms with Crippen molar-refractivity contribution >= 4 is 39.1 Å². The average Bonchev–Trinajstić information content (AvgIpc) is 2.38. The molecule has 0 spiro atoms. The van der Waals surface area contributed by atoms with E-state index in [0.717, 1.165) is 4.90 Å². The number of aliphatic carboxylic acids is 1. The number of carboxylic acids is 1. The van der Waals surface area contributed by atoms with Gasteiger partial charge in [-0.15, -0.1) is 0 Å². The Morgan fingerprint density at radius 1 is 1.56 bits per heavy atom. The largest absolute Gasteiger partial charge is 0.480 e. The summed E-state index contributed by atoms with van der Waals surface area (Å²) in [6, 6.07) is -2.55. The van der Waals surface area contributed by atoms with E-state index in [-0.39, 0.29) is 0 Å². The Kier molecular flexibility index (Phi) is 2.62. The number of isothiocyanates is 1. The van der Waals surface area contributed by atoms with Crippen LogP contribution in [0.3, 0.4) is 0 Å². The van der Waals surface area contributed by atoms with E-state index in [9.17, 15) is 18.0 Å². The molecular weight excluding hydrogens is 280 g/mol. The van der Waals surface area contributed by atoms with Gasteiger partial charge in [0.2, 0.25) is 0 Å². The summed E-state index contributed by atoms with van der Waals surface area (Å²) in [5, 5.41) is 9.84. The van der Waals surface area contributed by atoms with Gasteiger partial charge in [0.1, 0.15) is 10.8 Å². The predicted molar refractivity (Wildman–Crippen MR) is 63.9 cm³/mol. The fraction of sp³-hybridized carbons (Fsp3) is 0.667. The van der Waals surface area contributed by atoms with Gasteiger partial charge in [-0.1, -0.05) is 0 Å². The Morgan fingerprint density at radius 2 is 2.11 bits per heavy atom. The molecular formula is C9H10N2O5S2. The molecule has 3 atom stereocenters. The van der Waals surface area contributed by atoms with Crippen LogP contribution in [0.4, 0.5) is 0 Å². The molecule has 0 radical (unpaired) electrons. The Hall–Kier alpha value is -1.31. The zero-order chi connectivity index (χ0) is 13.9. The fourth-order valence-electron chi connectivity index (χ4n) is 2.46. The molecule has 0 aliphatic carbocycles. The highest BCUT2D eigenvalue weighted by molar-refractivity contribution is 7.94. The molecule has 2 heterocycles. The van der Waals surface area contributed by atoms with Crippen molar-refractivity contribution in [2.75, 3.05) is 0 Å². The highest BCUT2D eigenvalue weighted by Gasteiger charge is 2.72. The maximum Gasteiger partial charge on any atom is 0.328 e. The van der Waals surface area contributed by atoms with E-state index in [1.165, 1.54) is 13.8 Å². The molecule has 98 valence electrons. The summed E-state index contributed by atoms with van der Waals surface area (Å²) in [6.45, 7) is 2.59. The number of amides is 1. The summed E-state index contributed by atoms with van der Waals surface area (Å²) in [6.07, 6.45) is 0. The lowest BCUT2D eigenvalue weighted by molar-refractivity contribution is -0.158. The number of fused-ring (bicyclic) bond motifs is 1. The van der Waals surface area contributed by atoms with Crippen molar-refractivity contribution in [1.82, 2.24) is 4.90 Å². The van der Waals surface area contributed by atoms with Gasteiger partial charge in [-0.25, -0.2) is 18.2 Å². The van der Waals surface area contributed by atoms with Gasteiger partial charge in [-0.05, 0) is 26.1 Å². The maximum absolute atomic E-state index is 12.2. The Balaban J connectivity index is 2.59. The zero-order valence-electron chi connectivity index (χ0n) is 9.52. The van der Waals surface area contributed by atoms with Crippen molar-refractivity contribution in [3.63, 3.8) is 0 Å². The first-order valence-electron chi connectivity index (χ1n) is 5.03. The topological polar surface area (TPSA) is 104 Å². The lowest BCUT2D eigenvalue weighted by atomic mass is 9.96. The Labute approximate surface area is 108 Å². The molecule has 0 saturated carbocycles. The Bertz CT molecular complexity index is 590. The van der Waals surface area contributed by atoms with Gasteiger partial charge in [-0.2, -0.15) is 0 Å². The first-order valence-corrected chi connectivity index (χ1v) is 6.98. The number of sulfone groups is 1.